The monoisotopic (exact) mass is 363 g/mol. The highest BCUT2D eigenvalue weighted by molar-refractivity contribution is 5.96. The summed E-state index contributed by atoms with van der Waals surface area (Å²) in [6.45, 7) is 2.29. The number of nitrogens with one attached hydrogen (secondary N) is 2. The molecule has 0 saturated carbocycles. The summed E-state index contributed by atoms with van der Waals surface area (Å²) in [4.78, 5) is 38.6. The molecule has 0 unspecified atom stereocenters. The van der Waals surface area contributed by atoms with Gasteiger partial charge in [0.05, 0.1) is 19.9 Å². The number of hydrogen-bond donors (Lipinski definition) is 3. The van der Waals surface area contributed by atoms with E-state index >= 15 is 0 Å². The normalized spacial score (nSPS) is 10.4. The lowest BCUT2D eigenvalue weighted by molar-refractivity contribution is 0.0947. The molecule has 2 aromatic rings. The summed E-state index contributed by atoms with van der Waals surface area (Å²) in [7, 11) is 2.82. The highest BCUT2D eigenvalue weighted by Gasteiger charge is 2.23. The van der Waals surface area contributed by atoms with E-state index in [1.807, 2.05) is 11.9 Å². The average Bonchev–Trinajstić information content (AvgIpc) is 2.61. The fraction of sp³-hybridized carbons (Fsp3) is 0.353. The van der Waals surface area contributed by atoms with Crippen LogP contribution in [0.3, 0.4) is 0 Å². The lowest BCUT2D eigenvalue weighted by atomic mass is 10.2. The molecule has 1 aromatic heterocycles. The lowest BCUT2D eigenvalue weighted by Gasteiger charge is -2.15. The van der Waals surface area contributed by atoms with Crippen molar-refractivity contribution in [1.82, 2.24) is 14.9 Å². The maximum atomic E-state index is 12.3. The Bertz CT molecular complexity index is 916. The van der Waals surface area contributed by atoms with Gasteiger partial charge in [0, 0.05) is 12.6 Å². The first-order valence-corrected chi connectivity index (χ1v) is 8.03. The van der Waals surface area contributed by atoms with Crippen molar-refractivity contribution < 1.29 is 19.4 Å². The molecule has 3 N–H and O–H groups in total. The van der Waals surface area contributed by atoms with Crippen LogP contribution in [0.2, 0.25) is 0 Å². The molecule has 0 radical (unpaired) electrons. The molecule has 0 aliphatic heterocycles. The number of aromatic hydroxyl groups is 1. The number of rotatable bonds is 7. The Morgan fingerprint density at radius 1 is 1.27 bits per heavy atom. The molecule has 9 nitrogen and oxygen atoms in total. The van der Waals surface area contributed by atoms with Gasteiger partial charge >= 0.3 is 5.69 Å². The van der Waals surface area contributed by atoms with Crippen LogP contribution in [-0.4, -0.2) is 41.3 Å². The molecule has 0 aliphatic carbocycles. The Morgan fingerprint density at radius 3 is 2.62 bits per heavy atom. The molecule has 1 aromatic carbocycles. The van der Waals surface area contributed by atoms with Crippen LogP contribution in [-0.2, 0) is 0 Å². The Labute approximate surface area is 149 Å². The summed E-state index contributed by atoms with van der Waals surface area (Å²) in [5, 5.41) is 13.0. The van der Waals surface area contributed by atoms with Crippen molar-refractivity contribution in [2.24, 2.45) is 0 Å². The summed E-state index contributed by atoms with van der Waals surface area (Å²) < 4.78 is 11.1. The number of carbonyl (C=O) groups excluding carboxylic acids is 1. The van der Waals surface area contributed by atoms with Crippen molar-refractivity contribution >= 4 is 5.91 Å². The number of H-pyrrole nitrogens is 1. The molecule has 140 valence electrons. The molecule has 0 atom stereocenters. The van der Waals surface area contributed by atoms with Gasteiger partial charge in [0.15, 0.2) is 5.56 Å². The Hall–Kier alpha value is -3.23. The van der Waals surface area contributed by atoms with Crippen LogP contribution in [0.5, 0.6) is 17.4 Å². The van der Waals surface area contributed by atoms with E-state index in [0.717, 1.165) is 11.0 Å². The number of aromatic nitrogens is 2. The molecule has 0 aliphatic rings. The summed E-state index contributed by atoms with van der Waals surface area (Å²) in [6.07, 6.45) is 1.57. The van der Waals surface area contributed by atoms with Gasteiger partial charge in [-0.05, 0) is 18.6 Å². The van der Waals surface area contributed by atoms with E-state index in [1.54, 1.807) is 6.07 Å². The van der Waals surface area contributed by atoms with Gasteiger partial charge in [-0.25, -0.2) is 9.36 Å². The summed E-state index contributed by atoms with van der Waals surface area (Å²) in [5.41, 5.74) is -2.32. The molecule has 0 fully saturated rings. The molecule has 0 bridgehead atoms. The van der Waals surface area contributed by atoms with Crippen LogP contribution in [0.25, 0.3) is 5.69 Å². The number of hydrogen-bond acceptors (Lipinski definition) is 6. The van der Waals surface area contributed by atoms with Crippen LogP contribution in [0, 0.1) is 0 Å². The smallest absolute Gasteiger partial charge is 0.335 e. The van der Waals surface area contributed by atoms with Gasteiger partial charge in [-0.2, -0.15) is 0 Å². The quantitative estimate of drug-likeness (QED) is 0.625. The van der Waals surface area contributed by atoms with E-state index in [1.165, 1.54) is 26.4 Å². The number of methoxy groups -OCH3 is 2. The zero-order valence-corrected chi connectivity index (χ0v) is 14.8. The first kappa shape index (κ1) is 19.1. The number of aromatic amines is 1. The van der Waals surface area contributed by atoms with Crippen LogP contribution in [0.1, 0.15) is 30.1 Å². The largest absolute Gasteiger partial charge is 0.497 e. The van der Waals surface area contributed by atoms with Crippen LogP contribution < -0.4 is 26.0 Å². The first-order valence-electron chi connectivity index (χ1n) is 8.03. The lowest BCUT2D eigenvalue weighted by Crippen LogP contribution is -2.37. The van der Waals surface area contributed by atoms with Gasteiger partial charge in [0.1, 0.15) is 11.5 Å². The number of benzene rings is 1. The van der Waals surface area contributed by atoms with Gasteiger partial charge in [0.2, 0.25) is 5.88 Å². The highest BCUT2D eigenvalue weighted by atomic mass is 16.5. The van der Waals surface area contributed by atoms with Gasteiger partial charge in [-0.15, -0.1) is 0 Å². The minimum Gasteiger partial charge on any atom is -0.497 e. The van der Waals surface area contributed by atoms with Crippen LogP contribution >= 0.6 is 0 Å². The first-order chi connectivity index (χ1) is 12.4. The van der Waals surface area contributed by atoms with E-state index in [0.29, 0.717) is 18.7 Å². The van der Waals surface area contributed by atoms with E-state index in [4.69, 9.17) is 9.47 Å². The van der Waals surface area contributed by atoms with Gasteiger partial charge in [-0.1, -0.05) is 13.3 Å². The second-order valence-electron chi connectivity index (χ2n) is 5.44. The number of carbonyl (C=O) groups is 1. The van der Waals surface area contributed by atoms with Crippen molar-refractivity contribution in [3.63, 3.8) is 0 Å². The van der Waals surface area contributed by atoms with Crippen LogP contribution in [0.15, 0.2) is 27.8 Å². The Morgan fingerprint density at radius 2 is 2.00 bits per heavy atom. The van der Waals surface area contributed by atoms with Crippen molar-refractivity contribution in [1.29, 1.82) is 0 Å². The Kier molecular flexibility index (Phi) is 6.05. The molecule has 0 spiro atoms. The van der Waals surface area contributed by atoms with Crippen molar-refractivity contribution in [3.05, 3.63) is 44.6 Å². The zero-order chi connectivity index (χ0) is 19.3. The fourth-order valence-corrected chi connectivity index (χ4v) is 2.39. The number of amides is 1. The number of unbranched alkanes of at least 4 members (excludes halogenated alkanes) is 1. The van der Waals surface area contributed by atoms with Gasteiger partial charge in [0.25, 0.3) is 11.5 Å². The summed E-state index contributed by atoms with van der Waals surface area (Å²) >= 11 is 0. The standard InChI is InChI=1S/C17H21N3O6/c1-4-5-8-18-14(21)13-15(22)19-17(24)20(16(13)23)11-9-10(25-2)6-7-12(11)26-3/h6-7,9,23H,4-5,8H2,1-3H3,(H,18,21)(H,19,22,24). The Balaban J connectivity index is 2.65. The number of nitrogens with zero attached hydrogens (tertiary/aromatic N) is 1. The van der Waals surface area contributed by atoms with Crippen molar-refractivity contribution in [2.45, 2.75) is 19.8 Å². The van der Waals surface area contributed by atoms with Crippen LogP contribution in [0.4, 0.5) is 0 Å². The average molecular weight is 363 g/mol. The SMILES string of the molecule is CCCCNC(=O)c1c(O)n(-c2cc(OC)ccc2OC)c(=O)[nH]c1=O. The topological polar surface area (TPSA) is 123 Å². The fourth-order valence-electron chi connectivity index (χ4n) is 2.39. The van der Waals surface area contributed by atoms with Crippen molar-refractivity contribution in [2.75, 3.05) is 20.8 Å². The number of ether oxygens (including phenoxy) is 2. The molecule has 1 heterocycles. The third-order valence-corrected chi connectivity index (χ3v) is 3.76. The highest BCUT2D eigenvalue weighted by Crippen LogP contribution is 2.29. The molecule has 9 heteroatoms. The van der Waals surface area contributed by atoms with Gasteiger partial charge in [-0.3, -0.25) is 14.6 Å². The van der Waals surface area contributed by atoms with E-state index in [-0.39, 0.29) is 11.4 Å². The maximum absolute atomic E-state index is 12.3. The third-order valence-electron chi connectivity index (χ3n) is 3.76. The molecule has 1 amide bonds. The predicted molar refractivity (Wildman–Crippen MR) is 94.7 cm³/mol. The van der Waals surface area contributed by atoms with Gasteiger partial charge < -0.3 is 19.9 Å². The predicted octanol–water partition coefficient (Wildman–Crippen LogP) is 0.778. The molecule has 26 heavy (non-hydrogen) atoms. The minimum absolute atomic E-state index is 0.119. The maximum Gasteiger partial charge on any atom is 0.335 e. The van der Waals surface area contributed by atoms with E-state index in [2.05, 4.69) is 5.32 Å². The van der Waals surface area contributed by atoms with E-state index < -0.39 is 28.6 Å². The molecular formula is C17H21N3O6. The minimum atomic E-state index is -0.973. The summed E-state index contributed by atoms with van der Waals surface area (Å²) in [5.74, 6) is -0.910. The zero-order valence-electron chi connectivity index (χ0n) is 14.8. The second kappa shape index (κ2) is 8.24. The molecule has 0 saturated heterocycles. The second-order valence-corrected chi connectivity index (χ2v) is 5.44. The third kappa shape index (κ3) is 3.71. The van der Waals surface area contributed by atoms with E-state index in [9.17, 15) is 19.5 Å². The molecular weight excluding hydrogens is 342 g/mol. The summed E-state index contributed by atoms with van der Waals surface area (Å²) in [6, 6.07) is 4.58. The van der Waals surface area contributed by atoms with Crippen molar-refractivity contribution in [3.8, 4) is 23.1 Å². The molecule has 2 rings (SSSR count).